The fourth-order valence-corrected chi connectivity index (χ4v) is 2.62. The fraction of sp³-hybridized carbons (Fsp3) is 0.562. The number of halogens is 2. The van der Waals surface area contributed by atoms with Crippen molar-refractivity contribution < 1.29 is 18.3 Å². The normalized spacial score (nSPS) is 24.5. The van der Waals surface area contributed by atoms with Gasteiger partial charge in [-0.15, -0.1) is 0 Å². The molecule has 1 saturated carbocycles. The van der Waals surface area contributed by atoms with Crippen molar-refractivity contribution in [3.63, 3.8) is 0 Å². The van der Waals surface area contributed by atoms with Gasteiger partial charge in [-0.25, -0.2) is 13.6 Å². The van der Waals surface area contributed by atoms with Crippen LogP contribution in [-0.2, 0) is 4.74 Å². The highest BCUT2D eigenvalue weighted by Gasteiger charge is 2.74. The Balaban J connectivity index is 2.27. The summed E-state index contributed by atoms with van der Waals surface area (Å²) in [6.45, 7) is 4.94. The molecule has 1 aromatic rings. The van der Waals surface area contributed by atoms with Crippen LogP contribution in [0.1, 0.15) is 38.8 Å². The fourth-order valence-electron chi connectivity index (χ4n) is 2.62. The van der Waals surface area contributed by atoms with Crippen LogP contribution >= 0.6 is 0 Å². The number of hydrogen-bond acceptors (Lipinski definition) is 3. The summed E-state index contributed by atoms with van der Waals surface area (Å²) in [7, 11) is 0. The van der Waals surface area contributed by atoms with Gasteiger partial charge in [0.15, 0.2) is 0 Å². The number of amides is 1. The van der Waals surface area contributed by atoms with Crippen molar-refractivity contribution in [2.75, 3.05) is 6.54 Å². The molecule has 0 saturated heterocycles. The molecule has 3 N–H and O–H groups in total. The minimum atomic E-state index is -2.89. The molecule has 4 nitrogen and oxygen atoms in total. The summed E-state index contributed by atoms with van der Waals surface area (Å²) in [5.74, 6) is -2.89. The SMILES string of the molecule is CC(C)(C)OC(=O)NC(c1ccccc1)C1(CN)CC1(F)F. The van der Waals surface area contributed by atoms with Gasteiger partial charge in [-0.2, -0.15) is 0 Å². The average molecular weight is 312 g/mol. The molecule has 22 heavy (non-hydrogen) atoms. The third kappa shape index (κ3) is 3.21. The first-order valence-electron chi connectivity index (χ1n) is 7.24. The number of alkyl halides is 2. The number of carbonyl (C=O) groups is 1. The van der Waals surface area contributed by atoms with E-state index in [9.17, 15) is 13.6 Å². The van der Waals surface area contributed by atoms with Gasteiger partial charge in [0.05, 0.1) is 11.5 Å². The Bertz CT molecular complexity index is 543. The standard InChI is InChI=1S/C16H22F2N2O2/c1-14(2,3)22-13(21)20-12(11-7-5-4-6-8-11)15(10-19)9-16(15,17)18/h4-8,12H,9-10,19H2,1-3H3,(H,20,21). The van der Waals surface area contributed by atoms with E-state index in [0.717, 1.165) is 0 Å². The Morgan fingerprint density at radius 2 is 1.91 bits per heavy atom. The van der Waals surface area contributed by atoms with E-state index in [0.29, 0.717) is 5.56 Å². The molecule has 2 atom stereocenters. The topological polar surface area (TPSA) is 64.3 Å². The van der Waals surface area contributed by atoms with E-state index in [1.54, 1.807) is 51.1 Å². The molecule has 0 aliphatic heterocycles. The van der Waals surface area contributed by atoms with E-state index in [4.69, 9.17) is 10.5 Å². The Morgan fingerprint density at radius 3 is 2.32 bits per heavy atom. The zero-order chi connectivity index (χ0) is 16.6. The van der Waals surface area contributed by atoms with Crippen LogP contribution < -0.4 is 11.1 Å². The first kappa shape index (κ1) is 16.7. The molecule has 0 spiro atoms. The number of nitrogens with two attached hydrogens (primary N) is 1. The van der Waals surface area contributed by atoms with Crippen LogP contribution in [0.3, 0.4) is 0 Å². The molecule has 0 heterocycles. The molecule has 0 bridgehead atoms. The highest BCUT2D eigenvalue weighted by atomic mass is 19.3. The van der Waals surface area contributed by atoms with Crippen LogP contribution in [0.15, 0.2) is 30.3 Å². The molecule has 6 heteroatoms. The lowest BCUT2D eigenvalue weighted by Gasteiger charge is -2.29. The highest BCUT2D eigenvalue weighted by Crippen LogP contribution is 2.65. The molecule has 2 unspecified atom stereocenters. The van der Waals surface area contributed by atoms with Gasteiger partial charge in [0.1, 0.15) is 5.60 Å². The maximum Gasteiger partial charge on any atom is 0.408 e. The molecular formula is C16H22F2N2O2. The second-order valence-electron chi connectivity index (χ2n) is 6.73. The molecule has 1 aromatic carbocycles. The number of benzene rings is 1. The van der Waals surface area contributed by atoms with E-state index in [1.807, 2.05) is 0 Å². The van der Waals surface area contributed by atoms with Crippen molar-refractivity contribution in [1.82, 2.24) is 5.32 Å². The maximum absolute atomic E-state index is 13.9. The smallest absolute Gasteiger partial charge is 0.408 e. The van der Waals surface area contributed by atoms with E-state index in [2.05, 4.69) is 5.32 Å². The molecule has 1 amide bonds. The summed E-state index contributed by atoms with van der Waals surface area (Å²) >= 11 is 0. The maximum atomic E-state index is 13.9. The summed E-state index contributed by atoms with van der Waals surface area (Å²) < 4.78 is 33.0. The van der Waals surface area contributed by atoms with Crippen LogP contribution in [0.5, 0.6) is 0 Å². The van der Waals surface area contributed by atoms with Gasteiger partial charge in [0, 0.05) is 13.0 Å². The molecular weight excluding hydrogens is 290 g/mol. The van der Waals surface area contributed by atoms with Crippen molar-refractivity contribution in [3.8, 4) is 0 Å². The van der Waals surface area contributed by atoms with Crippen LogP contribution in [0, 0.1) is 5.41 Å². The van der Waals surface area contributed by atoms with Crippen molar-refractivity contribution >= 4 is 6.09 Å². The largest absolute Gasteiger partial charge is 0.444 e. The van der Waals surface area contributed by atoms with E-state index >= 15 is 0 Å². The van der Waals surface area contributed by atoms with E-state index in [-0.39, 0.29) is 13.0 Å². The van der Waals surface area contributed by atoms with Crippen molar-refractivity contribution in [2.24, 2.45) is 11.1 Å². The van der Waals surface area contributed by atoms with E-state index in [1.165, 1.54) is 0 Å². The summed E-state index contributed by atoms with van der Waals surface area (Å²) in [5.41, 5.74) is 4.05. The van der Waals surface area contributed by atoms with Crippen LogP contribution in [0.4, 0.5) is 13.6 Å². The van der Waals surface area contributed by atoms with Gasteiger partial charge in [-0.3, -0.25) is 0 Å². The second-order valence-corrected chi connectivity index (χ2v) is 6.73. The molecule has 2 rings (SSSR count). The molecule has 1 fully saturated rings. The van der Waals surface area contributed by atoms with Crippen molar-refractivity contribution in [2.45, 2.75) is 44.8 Å². The monoisotopic (exact) mass is 312 g/mol. The van der Waals surface area contributed by atoms with Crippen molar-refractivity contribution in [3.05, 3.63) is 35.9 Å². The lowest BCUT2D eigenvalue weighted by atomic mass is 9.89. The summed E-state index contributed by atoms with van der Waals surface area (Å²) in [6, 6.07) is 7.78. The first-order valence-corrected chi connectivity index (χ1v) is 7.24. The predicted molar refractivity (Wildman–Crippen MR) is 79.6 cm³/mol. The summed E-state index contributed by atoms with van der Waals surface area (Å²) in [5, 5.41) is 2.58. The van der Waals surface area contributed by atoms with Gasteiger partial charge in [-0.05, 0) is 26.3 Å². The average Bonchev–Trinajstić information content (AvgIpc) is 2.98. The molecule has 0 aromatic heterocycles. The zero-order valence-electron chi connectivity index (χ0n) is 13.0. The van der Waals surface area contributed by atoms with Gasteiger partial charge in [0.2, 0.25) is 0 Å². The Hall–Kier alpha value is -1.69. The number of alkyl carbamates (subject to hydrolysis) is 1. The Kier molecular flexibility index (Phi) is 4.17. The number of nitrogens with one attached hydrogen (secondary N) is 1. The lowest BCUT2D eigenvalue weighted by molar-refractivity contribution is 0.0324. The Morgan fingerprint density at radius 1 is 1.36 bits per heavy atom. The lowest BCUT2D eigenvalue weighted by Crippen LogP contribution is -2.42. The van der Waals surface area contributed by atoms with Crippen LogP contribution in [0.25, 0.3) is 0 Å². The third-order valence-corrected chi connectivity index (χ3v) is 3.85. The summed E-state index contributed by atoms with van der Waals surface area (Å²) in [4.78, 5) is 12.0. The zero-order valence-corrected chi connectivity index (χ0v) is 13.0. The molecule has 1 aliphatic rings. The van der Waals surface area contributed by atoms with Gasteiger partial charge in [0.25, 0.3) is 5.92 Å². The van der Waals surface area contributed by atoms with Gasteiger partial charge < -0.3 is 15.8 Å². The molecule has 0 radical (unpaired) electrons. The first-order chi connectivity index (χ1) is 10.1. The summed E-state index contributed by atoms with van der Waals surface area (Å²) in [6.07, 6.45) is -1.07. The highest BCUT2D eigenvalue weighted by molar-refractivity contribution is 5.69. The Labute approximate surface area is 129 Å². The van der Waals surface area contributed by atoms with Crippen molar-refractivity contribution in [1.29, 1.82) is 0 Å². The van der Waals surface area contributed by atoms with Crippen LogP contribution in [-0.4, -0.2) is 24.2 Å². The number of hydrogen-bond donors (Lipinski definition) is 2. The van der Waals surface area contributed by atoms with E-state index < -0.39 is 29.1 Å². The minimum Gasteiger partial charge on any atom is -0.444 e. The van der Waals surface area contributed by atoms with Gasteiger partial charge >= 0.3 is 6.09 Å². The number of carbonyl (C=O) groups excluding carboxylic acids is 1. The third-order valence-electron chi connectivity index (χ3n) is 3.85. The second kappa shape index (κ2) is 5.50. The minimum absolute atomic E-state index is 0.213. The molecule has 1 aliphatic carbocycles. The molecule has 122 valence electrons. The predicted octanol–water partition coefficient (Wildman–Crippen LogP) is 3.24. The van der Waals surface area contributed by atoms with Gasteiger partial charge in [-0.1, -0.05) is 30.3 Å². The number of rotatable bonds is 4. The quantitative estimate of drug-likeness (QED) is 0.897. The van der Waals surface area contributed by atoms with Crippen LogP contribution in [0.2, 0.25) is 0 Å². The number of ether oxygens (including phenoxy) is 1.